The second-order valence-corrected chi connectivity index (χ2v) is 7.47. The van der Waals surface area contributed by atoms with E-state index in [0.29, 0.717) is 28.3 Å². The maximum absolute atomic E-state index is 12.3. The van der Waals surface area contributed by atoms with Gasteiger partial charge in [0.2, 0.25) is 5.91 Å². The average molecular weight is 380 g/mol. The van der Waals surface area contributed by atoms with Crippen molar-refractivity contribution >= 4 is 35.0 Å². The molecule has 3 rings (SSSR count). The quantitative estimate of drug-likeness (QED) is 0.733. The Hall–Kier alpha value is -1.66. The molecule has 0 atom stereocenters. The molecule has 7 heteroatoms. The third-order valence-corrected chi connectivity index (χ3v) is 5.59. The van der Waals surface area contributed by atoms with E-state index in [9.17, 15) is 4.79 Å². The van der Waals surface area contributed by atoms with Gasteiger partial charge >= 0.3 is 0 Å². The number of imidazole rings is 1. The van der Waals surface area contributed by atoms with Crippen LogP contribution in [0.4, 0.5) is 5.69 Å². The number of rotatable bonds is 6. The molecule has 134 valence electrons. The predicted octanol–water partition coefficient (Wildman–Crippen LogP) is 4.78. The third-order valence-electron chi connectivity index (χ3n) is 4.37. The Morgan fingerprint density at radius 1 is 1.40 bits per heavy atom. The van der Waals surface area contributed by atoms with Crippen molar-refractivity contribution in [2.75, 3.05) is 18.2 Å². The Morgan fingerprint density at radius 3 is 2.96 bits per heavy atom. The van der Waals surface area contributed by atoms with Crippen LogP contribution in [0.1, 0.15) is 38.1 Å². The molecule has 0 radical (unpaired) electrons. The van der Waals surface area contributed by atoms with Gasteiger partial charge in [-0.3, -0.25) is 4.79 Å². The first-order chi connectivity index (χ1) is 12.2. The second-order valence-electron chi connectivity index (χ2n) is 6.09. The Morgan fingerprint density at radius 2 is 2.20 bits per heavy atom. The highest BCUT2D eigenvalue weighted by molar-refractivity contribution is 7.99. The lowest BCUT2D eigenvalue weighted by Crippen LogP contribution is -2.16. The zero-order valence-electron chi connectivity index (χ0n) is 14.2. The first-order valence-corrected chi connectivity index (χ1v) is 9.83. The Bertz CT molecular complexity index is 729. The van der Waals surface area contributed by atoms with Crippen LogP contribution >= 0.6 is 23.4 Å². The lowest BCUT2D eigenvalue weighted by molar-refractivity contribution is -0.113. The highest BCUT2D eigenvalue weighted by Gasteiger charge is 2.18. The molecular weight excluding hydrogens is 358 g/mol. The van der Waals surface area contributed by atoms with Gasteiger partial charge in [0.1, 0.15) is 5.75 Å². The number of amides is 1. The van der Waals surface area contributed by atoms with Crippen molar-refractivity contribution in [2.45, 2.75) is 43.3 Å². The maximum atomic E-state index is 12.3. The van der Waals surface area contributed by atoms with Gasteiger partial charge in [-0.2, -0.15) is 0 Å². The van der Waals surface area contributed by atoms with Crippen LogP contribution in [0.25, 0.3) is 0 Å². The van der Waals surface area contributed by atoms with Crippen LogP contribution in [0.3, 0.4) is 0 Å². The summed E-state index contributed by atoms with van der Waals surface area (Å²) in [5, 5.41) is 4.31. The van der Waals surface area contributed by atoms with Gasteiger partial charge in [0.15, 0.2) is 5.16 Å². The topological polar surface area (TPSA) is 56.1 Å². The van der Waals surface area contributed by atoms with Gasteiger partial charge in [0.25, 0.3) is 0 Å². The Kier molecular flexibility index (Phi) is 6.26. The summed E-state index contributed by atoms with van der Waals surface area (Å²) in [7, 11) is 1.56. The number of methoxy groups -OCH3 is 1. The fourth-order valence-electron chi connectivity index (χ4n) is 3.14. The maximum Gasteiger partial charge on any atom is 0.234 e. The van der Waals surface area contributed by atoms with E-state index in [2.05, 4.69) is 14.9 Å². The number of hydrogen-bond acceptors (Lipinski definition) is 4. The first-order valence-electron chi connectivity index (χ1n) is 8.46. The number of ether oxygens (including phenoxy) is 1. The van der Waals surface area contributed by atoms with Crippen LogP contribution in [-0.2, 0) is 4.79 Å². The van der Waals surface area contributed by atoms with Crippen molar-refractivity contribution < 1.29 is 9.53 Å². The number of carbonyl (C=O) groups is 1. The molecule has 2 aromatic rings. The van der Waals surface area contributed by atoms with E-state index >= 15 is 0 Å². The monoisotopic (exact) mass is 379 g/mol. The van der Waals surface area contributed by atoms with E-state index in [1.54, 1.807) is 25.3 Å². The highest BCUT2D eigenvalue weighted by atomic mass is 35.5. The summed E-state index contributed by atoms with van der Waals surface area (Å²) in [6.07, 6.45) is 10.1. The molecule has 0 saturated heterocycles. The fraction of sp³-hybridized carbons (Fsp3) is 0.444. The van der Waals surface area contributed by atoms with Gasteiger partial charge in [-0.25, -0.2) is 4.98 Å². The van der Waals surface area contributed by atoms with Gasteiger partial charge in [0.05, 0.1) is 18.6 Å². The zero-order chi connectivity index (χ0) is 17.6. The van der Waals surface area contributed by atoms with Crippen molar-refractivity contribution in [1.29, 1.82) is 0 Å². The van der Waals surface area contributed by atoms with Crippen molar-refractivity contribution in [1.82, 2.24) is 9.55 Å². The van der Waals surface area contributed by atoms with E-state index in [-0.39, 0.29) is 5.91 Å². The SMILES string of the molecule is COc1ccc(Cl)cc1NC(=O)CSc1nccn1C1CCCCC1. The lowest BCUT2D eigenvalue weighted by atomic mass is 9.95. The number of nitrogens with one attached hydrogen (secondary N) is 1. The molecule has 0 spiro atoms. The Labute approximate surface area is 157 Å². The second kappa shape index (κ2) is 8.63. The molecule has 1 aliphatic rings. The van der Waals surface area contributed by atoms with Crippen LogP contribution in [0.5, 0.6) is 5.75 Å². The number of carbonyl (C=O) groups excluding carboxylic acids is 1. The summed E-state index contributed by atoms with van der Waals surface area (Å²) < 4.78 is 7.47. The minimum Gasteiger partial charge on any atom is -0.495 e. The molecule has 1 aromatic heterocycles. The van der Waals surface area contributed by atoms with Gasteiger partial charge in [-0.15, -0.1) is 0 Å². The molecule has 5 nitrogen and oxygen atoms in total. The molecule has 1 fully saturated rings. The normalized spacial score (nSPS) is 15.1. The molecule has 0 bridgehead atoms. The summed E-state index contributed by atoms with van der Waals surface area (Å²) in [6, 6.07) is 5.66. The third kappa shape index (κ3) is 4.70. The number of thioether (sulfide) groups is 1. The van der Waals surface area contributed by atoms with Crippen LogP contribution in [0.2, 0.25) is 5.02 Å². The number of hydrogen-bond donors (Lipinski definition) is 1. The van der Waals surface area contributed by atoms with Crippen molar-refractivity contribution in [3.8, 4) is 5.75 Å². The lowest BCUT2D eigenvalue weighted by Gasteiger charge is -2.24. The molecule has 0 unspecified atom stereocenters. The molecule has 25 heavy (non-hydrogen) atoms. The number of benzene rings is 1. The fourth-order valence-corrected chi connectivity index (χ4v) is 4.14. The molecule has 1 saturated carbocycles. The predicted molar refractivity (Wildman–Crippen MR) is 102 cm³/mol. The zero-order valence-corrected chi connectivity index (χ0v) is 15.8. The smallest absolute Gasteiger partial charge is 0.234 e. The highest BCUT2D eigenvalue weighted by Crippen LogP contribution is 2.32. The minimum absolute atomic E-state index is 0.108. The molecule has 1 aliphatic carbocycles. The molecular formula is C18H22ClN3O2S. The molecule has 1 heterocycles. The van der Waals surface area contributed by atoms with Gasteiger partial charge in [-0.05, 0) is 31.0 Å². The largest absolute Gasteiger partial charge is 0.495 e. The van der Waals surface area contributed by atoms with Crippen LogP contribution in [-0.4, -0.2) is 28.3 Å². The standard InChI is InChI=1S/C18H22ClN3O2S/c1-24-16-8-7-13(19)11-15(16)21-17(23)12-25-18-20-9-10-22(18)14-5-3-2-4-6-14/h7-11,14H,2-6,12H2,1H3,(H,21,23). The molecule has 1 amide bonds. The number of aromatic nitrogens is 2. The van der Waals surface area contributed by atoms with E-state index in [1.165, 1.54) is 43.9 Å². The minimum atomic E-state index is -0.108. The number of halogens is 1. The summed E-state index contributed by atoms with van der Waals surface area (Å²) in [5.41, 5.74) is 0.580. The van der Waals surface area contributed by atoms with Gasteiger partial charge in [-0.1, -0.05) is 42.6 Å². The molecule has 1 aromatic carbocycles. The van der Waals surface area contributed by atoms with Gasteiger partial charge in [0, 0.05) is 23.5 Å². The van der Waals surface area contributed by atoms with Crippen molar-refractivity contribution in [2.24, 2.45) is 0 Å². The van der Waals surface area contributed by atoms with Crippen molar-refractivity contribution in [3.63, 3.8) is 0 Å². The summed E-state index contributed by atoms with van der Waals surface area (Å²) in [6.45, 7) is 0. The average Bonchev–Trinajstić information content (AvgIpc) is 3.09. The van der Waals surface area contributed by atoms with E-state index in [4.69, 9.17) is 16.3 Å². The summed E-state index contributed by atoms with van der Waals surface area (Å²) >= 11 is 7.46. The first kappa shape index (κ1) is 18.1. The number of anilines is 1. The summed E-state index contributed by atoms with van der Waals surface area (Å²) in [5.74, 6) is 0.773. The van der Waals surface area contributed by atoms with E-state index < -0.39 is 0 Å². The van der Waals surface area contributed by atoms with Crippen LogP contribution in [0, 0.1) is 0 Å². The van der Waals surface area contributed by atoms with Gasteiger partial charge < -0.3 is 14.6 Å². The van der Waals surface area contributed by atoms with Crippen LogP contribution in [0.15, 0.2) is 35.7 Å². The van der Waals surface area contributed by atoms with Crippen LogP contribution < -0.4 is 10.1 Å². The molecule has 0 aliphatic heterocycles. The molecule has 1 N–H and O–H groups in total. The van der Waals surface area contributed by atoms with Crippen molar-refractivity contribution in [3.05, 3.63) is 35.6 Å². The number of nitrogens with zero attached hydrogens (tertiary/aromatic N) is 2. The van der Waals surface area contributed by atoms with E-state index in [1.807, 2.05) is 12.4 Å². The van der Waals surface area contributed by atoms with E-state index in [0.717, 1.165) is 5.16 Å². The summed E-state index contributed by atoms with van der Waals surface area (Å²) in [4.78, 5) is 16.7. The Balaban J connectivity index is 1.60.